The largest absolute Gasteiger partial charge is 0.459 e. The molecular formula is C19H15FN2O3. The minimum absolute atomic E-state index is 0.228. The topological polar surface area (TPSA) is 71.3 Å². The van der Waals surface area contributed by atoms with Crippen molar-refractivity contribution in [2.75, 3.05) is 5.32 Å². The molecule has 0 atom stereocenters. The number of benzene rings is 2. The number of amides is 2. The third-order valence-corrected chi connectivity index (χ3v) is 3.50. The van der Waals surface area contributed by atoms with Crippen LogP contribution in [0, 0.1) is 5.82 Å². The number of halogens is 1. The highest BCUT2D eigenvalue weighted by molar-refractivity contribution is 6.02. The Labute approximate surface area is 143 Å². The Bertz CT molecular complexity index is 874. The average Bonchev–Trinajstić information content (AvgIpc) is 3.16. The molecule has 2 aromatic carbocycles. The molecule has 1 heterocycles. The first-order chi connectivity index (χ1) is 12.1. The zero-order chi connectivity index (χ0) is 17.6. The van der Waals surface area contributed by atoms with Crippen molar-refractivity contribution in [2.45, 2.75) is 6.54 Å². The lowest BCUT2D eigenvalue weighted by Gasteiger charge is -2.07. The Kier molecular flexibility index (Phi) is 4.89. The molecule has 1 aromatic heterocycles. The van der Waals surface area contributed by atoms with Gasteiger partial charge >= 0.3 is 0 Å². The number of carbonyl (C=O) groups is 2. The van der Waals surface area contributed by atoms with E-state index in [1.54, 1.807) is 42.5 Å². The predicted octanol–water partition coefficient (Wildman–Crippen LogP) is 3.60. The molecule has 0 spiro atoms. The summed E-state index contributed by atoms with van der Waals surface area (Å²) in [6.07, 6.45) is 1.43. The van der Waals surface area contributed by atoms with Crippen LogP contribution in [-0.2, 0) is 6.54 Å². The van der Waals surface area contributed by atoms with Gasteiger partial charge in [-0.25, -0.2) is 4.39 Å². The first kappa shape index (κ1) is 16.4. The molecule has 0 unspecified atom stereocenters. The summed E-state index contributed by atoms with van der Waals surface area (Å²) >= 11 is 0. The molecule has 5 nitrogen and oxygen atoms in total. The molecule has 0 saturated heterocycles. The molecule has 0 aliphatic rings. The lowest BCUT2D eigenvalue weighted by molar-refractivity contribution is 0.0949. The van der Waals surface area contributed by atoms with Gasteiger partial charge in [-0.15, -0.1) is 0 Å². The minimum atomic E-state index is -0.454. The zero-order valence-electron chi connectivity index (χ0n) is 13.2. The van der Waals surface area contributed by atoms with Gasteiger partial charge in [-0.3, -0.25) is 9.59 Å². The molecular weight excluding hydrogens is 323 g/mol. The number of hydrogen-bond donors (Lipinski definition) is 2. The van der Waals surface area contributed by atoms with Crippen molar-refractivity contribution >= 4 is 17.5 Å². The molecule has 2 N–H and O–H groups in total. The number of carbonyl (C=O) groups excluding carboxylic acids is 2. The van der Waals surface area contributed by atoms with Crippen molar-refractivity contribution in [3.63, 3.8) is 0 Å². The molecule has 0 bridgehead atoms. The summed E-state index contributed by atoms with van der Waals surface area (Å²) in [5.74, 6) is -0.914. The van der Waals surface area contributed by atoms with Crippen molar-refractivity contribution in [1.82, 2.24) is 5.32 Å². The van der Waals surface area contributed by atoms with Crippen LogP contribution in [0.5, 0.6) is 0 Å². The molecule has 0 saturated carbocycles. The highest BCUT2D eigenvalue weighted by atomic mass is 19.1. The van der Waals surface area contributed by atoms with E-state index in [1.807, 2.05) is 0 Å². The quantitative estimate of drug-likeness (QED) is 0.747. The second-order valence-electron chi connectivity index (χ2n) is 5.32. The molecule has 0 fully saturated rings. The maximum Gasteiger partial charge on any atom is 0.291 e. The van der Waals surface area contributed by atoms with Gasteiger partial charge < -0.3 is 15.1 Å². The molecule has 3 rings (SSSR count). The van der Waals surface area contributed by atoms with E-state index in [1.165, 1.54) is 24.5 Å². The summed E-state index contributed by atoms with van der Waals surface area (Å²) in [6, 6.07) is 15.7. The molecule has 3 aromatic rings. The molecule has 2 amide bonds. The Balaban J connectivity index is 1.56. The monoisotopic (exact) mass is 338 g/mol. The third-order valence-electron chi connectivity index (χ3n) is 3.50. The number of furan rings is 1. The second-order valence-corrected chi connectivity index (χ2v) is 5.32. The lowest BCUT2D eigenvalue weighted by atomic mass is 10.1. The van der Waals surface area contributed by atoms with Gasteiger partial charge in [0, 0.05) is 17.8 Å². The van der Waals surface area contributed by atoms with Crippen LogP contribution < -0.4 is 10.6 Å². The fourth-order valence-corrected chi connectivity index (χ4v) is 2.22. The van der Waals surface area contributed by atoms with Crippen molar-refractivity contribution in [1.29, 1.82) is 0 Å². The molecule has 0 aliphatic carbocycles. The summed E-state index contributed by atoms with van der Waals surface area (Å²) in [7, 11) is 0. The summed E-state index contributed by atoms with van der Waals surface area (Å²) < 4.78 is 18.1. The van der Waals surface area contributed by atoms with Gasteiger partial charge in [-0.2, -0.15) is 0 Å². The third kappa shape index (κ3) is 4.32. The number of nitrogens with one attached hydrogen (secondary N) is 2. The van der Waals surface area contributed by atoms with Gasteiger partial charge in [-0.05, 0) is 48.0 Å². The van der Waals surface area contributed by atoms with Gasteiger partial charge in [-0.1, -0.05) is 18.2 Å². The maximum absolute atomic E-state index is 13.1. The van der Waals surface area contributed by atoms with E-state index in [0.717, 1.165) is 5.56 Å². The van der Waals surface area contributed by atoms with Crippen LogP contribution >= 0.6 is 0 Å². The van der Waals surface area contributed by atoms with Crippen molar-refractivity contribution in [3.05, 3.63) is 89.6 Å². The van der Waals surface area contributed by atoms with Crippen molar-refractivity contribution < 1.29 is 18.4 Å². The summed E-state index contributed by atoms with van der Waals surface area (Å²) in [5.41, 5.74) is 1.73. The highest BCUT2D eigenvalue weighted by Gasteiger charge is 2.09. The van der Waals surface area contributed by atoms with Crippen LogP contribution in [0.4, 0.5) is 10.1 Å². The standard InChI is InChI=1S/C19H15FN2O3/c20-15-4-1-3-14(11-15)18(23)21-12-13-6-8-16(9-7-13)22-19(24)17-5-2-10-25-17/h1-11H,12H2,(H,21,23)(H,22,24). The van der Waals surface area contributed by atoms with Gasteiger partial charge in [0.25, 0.3) is 11.8 Å². The second kappa shape index (κ2) is 7.44. The average molecular weight is 338 g/mol. The Morgan fingerprint density at radius 3 is 2.44 bits per heavy atom. The van der Waals surface area contributed by atoms with Crippen LogP contribution in [-0.4, -0.2) is 11.8 Å². The van der Waals surface area contributed by atoms with Crippen molar-refractivity contribution in [2.24, 2.45) is 0 Å². The van der Waals surface area contributed by atoms with Gasteiger partial charge in [0.15, 0.2) is 5.76 Å². The Morgan fingerprint density at radius 1 is 0.960 bits per heavy atom. The van der Waals surface area contributed by atoms with Crippen molar-refractivity contribution in [3.8, 4) is 0 Å². The first-order valence-electron chi connectivity index (χ1n) is 7.59. The first-order valence-corrected chi connectivity index (χ1v) is 7.59. The minimum Gasteiger partial charge on any atom is -0.459 e. The highest BCUT2D eigenvalue weighted by Crippen LogP contribution is 2.12. The van der Waals surface area contributed by atoms with Gasteiger partial charge in [0.05, 0.1) is 6.26 Å². The van der Waals surface area contributed by atoms with Crippen LogP contribution in [0.25, 0.3) is 0 Å². The van der Waals surface area contributed by atoms with Crippen LogP contribution in [0.15, 0.2) is 71.3 Å². The van der Waals surface area contributed by atoms with E-state index in [9.17, 15) is 14.0 Å². The summed E-state index contributed by atoms with van der Waals surface area (Å²) in [6.45, 7) is 0.293. The number of hydrogen-bond acceptors (Lipinski definition) is 3. The van der Waals surface area contributed by atoms with Crippen LogP contribution in [0.1, 0.15) is 26.5 Å². The molecule has 6 heteroatoms. The smallest absolute Gasteiger partial charge is 0.291 e. The normalized spacial score (nSPS) is 10.3. The zero-order valence-corrected chi connectivity index (χ0v) is 13.2. The van der Waals surface area contributed by atoms with E-state index in [4.69, 9.17) is 4.42 Å². The number of rotatable bonds is 5. The molecule has 0 aliphatic heterocycles. The molecule has 126 valence electrons. The van der Waals surface area contributed by atoms with E-state index in [-0.39, 0.29) is 23.1 Å². The van der Waals surface area contributed by atoms with Gasteiger partial charge in [0.2, 0.25) is 0 Å². The fraction of sp³-hybridized carbons (Fsp3) is 0.0526. The summed E-state index contributed by atoms with van der Waals surface area (Å²) in [4.78, 5) is 23.8. The summed E-state index contributed by atoms with van der Waals surface area (Å²) in [5, 5.41) is 5.42. The Hall–Kier alpha value is -3.41. The van der Waals surface area contributed by atoms with E-state index in [2.05, 4.69) is 10.6 Å². The predicted molar refractivity (Wildman–Crippen MR) is 90.7 cm³/mol. The number of anilines is 1. The van der Waals surface area contributed by atoms with E-state index < -0.39 is 5.82 Å². The molecule has 25 heavy (non-hydrogen) atoms. The van der Waals surface area contributed by atoms with Gasteiger partial charge in [0.1, 0.15) is 5.82 Å². The lowest BCUT2D eigenvalue weighted by Crippen LogP contribution is -2.22. The Morgan fingerprint density at radius 2 is 1.76 bits per heavy atom. The molecule has 0 radical (unpaired) electrons. The van der Waals surface area contributed by atoms with Crippen LogP contribution in [0.2, 0.25) is 0 Å². The maximum atomic E-state index is 13.1. The fourth-order valence-electron chi connectivity index (χ4n) is 2.22. The SMILES string of the molecule is O=C(NCc1ccc(NC(=O)c2ccco2)cc1)c1cccc(F)c1. The van der Waals surface area contributed by atoms with E-state index in [0.29, 0.717) is 12.2 Å². The van der Waals surface area contributed by atoms with E-state index >= 15 is 0 Å². The van der Waals surface area contributed by atoms with Crippen LogP contribution in [0.3, 0.4) is 0 Å².